The molecule has 4 aromatic rings. The minimum atomic E-state index is 0.776. The number of hydrogen-bond donors (Lipinski definition) is 0. The summed E-state index contributed by atoms with van der Waals surface area (Å²) < 4.78 is 4.39. The zero-order valence-corrected chi connectivity index (χ0v) is 18.8. The Hall–Kier alpha value is -2.64. The maximum absolute atomic E-state index is 4.82. The predicted molar refractivity (Wildman–Crippen MR) is 124 cm³/mol. The minimum Gasteiger partial charge on any atom is -0.307 e. The number of pyridine rings is 1. The fourth-order valence-electron chi connectivity index (χ4n) is 4.20. The van der Waals surface area contributed by atoms with E-state index in [0.29, 0.717) is 0 Å². The van der Waals surface area contributed by atoms with E-state index >= 15 is 0 Å². The summed E-state index contributed by atoms with van der Waals surface area (Å²) in [5.74, 6) is 1.83. The van der Waals surface area contributed by atoms with Gasteiger partial charge in [0.25, 0.3) is 0 Å². The first-order valence-corrected chi connectivity index (χ1v) is 12.0. The van der Waals surface area contributed by atoms with E-state index in [9.17, 15) is 0 Å². The lowest BCUT2D eigenvalue weighted by Crippen LogP contribution is -2.30. The largest absolute Gasteiger partial charge is 0.307 e. The molecule has 1 aromatic carbocycles. The minimum absolute atomic E-state index is 0.776. The van der Waals surface area contributed by atoms with Gasteiger partial charge in [-0.1, -0.05) is 54.6 Å². The summed E-state index contributed by atoms with van der Waals surface area (Å²) in [7, 11) is 0. The molecule has 0 N–H and O–H groups in total. The lowest BCUT2D eigenvalue weighted by Gasteiger charge is -2.26. The highest BCUT2D eigenvalue weighted by Gasteiger charge is 2.18. The summed E-state index contributed by atoms with van der Waals surface area (Å²) in [6.45, 7) is 6.07. The number of likely N-dealkylation sites (tertiary alicyclic amines) is 1. The quantitative estimate of drug-likeness (QED) is 0.401. The Morgan fingerprint density at radius 3 is 2.58 bits per heavy atom. The van der Waals surface area contributed by atoms with Crippen molar-refractivity contribution in [1.82, 2.24) is 29.0 Å². The third kappa shape index (κ3) is 4.67. The number of fused-ring (bicyclic) bond motifs is 1. The van der Waals surface area contributed by atoms with Crippen molar-refractivity contribution in [2.45, 2.75) is 50.2 Å². The Labute approximate surface area is 187 Å². The van der Waals surface area contributed by atoms with Crippen LogP contribution >= 0.6 is 11.8 Å². The standard InChI is InChI=1S/C24H28N6S/c1-19-9-8-14-29-16-21(25-23(19)29)18-31-24-27-26-22(17-28-12-6-3-7-13-28)30(24)15-20-10-4-2-5-11-20/h2,4-5,8-11,14,16H,3,6-7,12-13,15,17-18H2,1H3. The first-order valence-electron chi connectivity index (χ1n) is 11.0. The highest BCUT2D eigenvalue weighted by Crippen LogP contribution is 2.24. The molecule has 31 heavy (non-hydrogen) atoms. The molecule has 160 valence electrons. The molecule has 1 aliphatic rings. The number of imidazole rings is 1. The van der Waals surface area contributed by atoms with E-state index in [1.807, 2.05) is 0 Å². The molecule has 1 saturated heterocycles. The van der Waals surface area contributed by atoms with Gasteiger partial charge in [-0.05, 0) is 50.0 Å². The average molecular weight is 433 g/mol. The molecule has 0 bridgehead atoms. The zero-order valence-electron chi connectivity index (χ0n) is 17.9. The zero-order chi connectivity index (χ0) is 21.0. The third-order valence-electron chi connectivity index (χ3n) is 5.87. The molecule has 0 unspecified atom stereocenters. The van der Waals surface area contributed by atoms with Gasteiger partial charge in [-0.3, -0.25) is 4.90 Å². The van der Waals surface area contributed by atoms with Crippen LogP contribution in [0.25, 0.3) is 5.65 Å². The van der Waals surface area contributed by atoms with Crippen LogP contribution in [0.1, 0.15) is 41.9 Å². The van der Waals surface area contributed by atoms with Gasteiger partial charge in [0.2, 0.25) is 0 Å². The number of hydrogen-bond acceptors (Lipinski definition) is 5. The van der Waals surface area contributed by atoms with E-state index in [0.717, 1.165) is 54.3 Å². The van der Waals surface area contributed by atoms with Crippen LogP contribution in [0.15, 0.2) is 60.0 Å². The van der Waals surface area contributed by atoms with Gasteiger partial charge in [-0.15, -0.1) is 10.2 Å². The summed E-state index contributed by atoms with van der Waals surface area (Å²) in [5.41, 5.74) is 4.54. The van der Waals surface area contributed by atoms with E-state index in [1.54, 1.807) is 11.8 Å². The van der Waals surface area contributed by atoms with E-state index in [2.05, 4.69) is 85.8 Å². The molecule has 0 radical (unpaired) electrons. The van der Waals surface area contributed by atoms with Crippen molar-refractivity contribution in [2.75, 3.05) is 13.1 Å². The Morgan fingerprint density at radius 1 is 0.935 bits per heavy atom. The normalized spacial score (nSPS) is 15.0. The van der Waals surface area contributed by atoms with E-state index < -0.39 is 0 Å². The van der Waals surface area contributed by atoms with Crippen LogP contribution in [0.2, 0.25) is 0 Å². The van der Waals surface area contributed by atoms with E-state index in [4.69, 9.17) is 4.98 Å². The summed E-state index contributed by atoms with van der Waals surface area (Å²) in [6, 6.07) is 14.7. The highest BCUT2D eigenvalue weighted by molar-refractivity contribution is 7.98. The lowest BCUT2D eigenvalue weighted by atomic mass is 10.1. The van der Waals surface area contributed by atoms with Crippen LogP contribution in [0.4, 0.5) is 0 Å². The number of nitrogens with zero attached hydrogens (tertiary/aromatic N) is 6. The molecular formula is C24H28N6S. The van der Waals surface area contributed by atoms with Crippen molar-refractivity contribution in [2.24, 2.45) is 0 Å². The molecule has 6 nitrogen and oxygen atoms in total. The number of piperidine rings is 1. The first-order chi connectivity index (χ1) is 15.3. The SMILES string of the molecule is Cc1cccn2cc(CSc3nnc(CN4CCCCC4)n3Cc3ccccc3)nc12. The van der Waals surface area contributed by atoms with Gasteiger partial charge in [-0.25, -0.2) is 4.98 Å². The maximum Gasteiger partial charge on any atom is 0.191 e. The van der Waals surface area contributed by atoms with Crippen molar-refractivity contribution >= 4 is 17.4 Å². The van der Waals surface area contributed by atoms with Crippen LogP contribution in [-0.2, 0) is 18.8 Å². The molecule has 3 aromatic heterocycles. The molecule has 1 fully saturated rings. The van der Waals surface area contributed by atoms with Crippen LogP contribution in [0, 0.1) is 6.92 Å². The van der Waals surface area contributed by atoms with E-state index in [1.165, 1.54) is 30.4 Å². The Morgan fingerprint density at radius 2 is 1.77 bits per heavy atom. The Balaban J connectivity index is 1.37. The number of aromatic nitrogens is 5. The predicted octanol–water partition coefficient (Wildman–Crippen LogP) is 4.56. The van der Waals surface area contributed by atoms with Crippen molar-refractivity contribution in [1.29, 1.82) is 0 Å². The molecule has 0 spiro atoms. The number of aryl methyl sites for hydroxylation is 1. The molecule has 7 heteroatoms. The van der Waals surface area contributed by atoms with Gasteiger partial charge in [0.15, 0.2) is 5.16 Å². The number of benzene rings is 1. The molecule has 4 heterocycles. The monoisotopic (exact) mass is 432 g/mol. The first kappa shape index (κ1) is 20.3. The van der Waals surface area contributed by atoms with Crippen LogP contribution < -0.4 is 0 Å². The molecule has 1 aliphatic heterocycles. The van der Waals surface area contributed by atoms with Gasteiger partial charge in [0.05, 0.1) is 18.8 Å². The van der Waals surface area contributed by atoms with Gasteiger partial charge in [0.1, 0.15) is 11.5 Å². The Kier molecular flexibility index (Phi) is 6.04. The van der Waals surface area contributed by atoms with Crippen LogP contribution in [-0.4, -0.2) is 42.1 Å². The van der Waals surface area contributed by atoms with Crippen molar-refractivity contribution < 1.29 is 0 Å². The fraction of sp³-hybridized carbons (Fsp3) is 0.375. The Bertz CT molecular complexity index is 1140. The van der Waals surface area contributed by atoms with Gasteiger partial charge in [-0.2, -0.15) is 0 Å². The molecule has 0 amide bonds. The van der Waals surface area contributed by atoms with Crippen LogP contribution in [0.3, 0.4) is 0 Å². The average Bonchev–Trinajstić information content (AvgIpc) is 3.39. The van der Waals surface area contributed by atoms with E-state index in [-0.39, 0.29) is 0 Å². The molecule has 0 atom stereocenters. The second-order valence-corrected chi connectivity index (χ2v) is 9.19. The van der Waals surface area contributed by atoms with Crippen molar-refractivity contribution in [3.8, 4) is 0 Å². The molecular weight excluding hydrogens is 404 g/mol. The molecule has 0 saturated carbocycles. The summed E-state index contributed by atoms with van der Waals surface area (Å²) in [6.07, 6.45) is 8.07. The highest BCUT2D eigenvalue weighted by atomic mass is 32.2. The topological polar surface area (TPSA) is 51.2 Å². The summed E-state index contributed by atoms with van der Waals surface area (Å²) >= 11 is 1.72. The fourth-order valence-corrected chi connectivity index (χ4v) is 5.04. The third-order valence-corrected chi connectivity index (χ3v) is 6.87. The number of rotatable bonds is 7. The second kappa shape index (κ2) is 9.24. The van der Waals surface area contributed by atoms with Crippen LogP contribution in [0.5, 0.6) is 0 Å². The van der Waals surface area contributed by atoms with Gasteiger partial charge < -0.3 is 8.97 Å². The second-order valence-electron chi connectivity index (χ2n) is 8.25. The molecule has 5 rings (SSSR count). The van der Waals surface area contributed by atoms with Gasteiger partial charge in [0, 0.05) is 18.1 Å². The summed E-state index contributed by atoms with van der Waals surface area (Å²) in [5, 5.41) is 10.1. The van der Waals surface area contributed by atoms with Crippen molar-refractivity contribution in [3.63, 3.8) is 0 Å². The van der Waals surface area contributed by atoms with Crippen molar-refractivity contribution in [3.05, 3.63) is 77.5 Å². The molecule has 0 aliphatic carbocycles. The maximum atomic E-state index is 4.82. The smallest absolute Gasteiger partial charge is 0.191 e. The van der Waals surface area contributed by atoms with Gasteiger partial charge >= 0.3 is 0 Å². The lowest BCUT2D eigenvalue weighted by molar-refractivity contribution is 0.213. The summed E-state index contributed by atoms with van der Waals surface area (Å²) in [4.78, 5) is 7.33. The number of thioether (sulfide) groups is 1.